The van der Waals surface area contributed by atoms with Gasteiger partial charge in [0.05, 0.1) is 16.8 Å². The summed E-state index contributed by atoms with van der Waals surface area (Å²) in [6.07, 6.45) is 1.82. The Morgan fingerprint density at radius 1 is 1.22 bits per heavy atom. The van der Waals surface area contributed by atoms with Crippen molar-refractivity contribution >= 4 is 40.3 Å². The molecule has 170 valence electrons. The number of amides is 1. The van der Waals surface area contributed by atoms with Gasteiger partial charge in [0.25, 0.3) is 5.91 Å². The van der Waals surface area contributed by atoms with Gasteiger partial charge in [-0.15, -0.1) is 11.3 Å². The third-order valence-electron chi connectivity index (χ3n) is 6.02. The van der Waals surface area contributed by atoms with Crippen molar-refractivity contribution in [3.63, 3.8) is 0 Å². The lowest BCUT2D eigenvalue weighted by molar-refractivity contribution is 0.0546. The summed E-state index contributed by atoms with van der Waals surface area (Å²) in [5.41, 5.74) is 4.94. The molecule has 3 heterocycles. The molecule has 2 fully saturated rings. The molecule has 0 radical (unpaired) electrons. The van der Waals surface area contributed by atoms with Crippen LogP contribution in [0.15, 0.2) is 40.3 Å². The van der Waals surface area contributed by atoms with Crippen molar-refractivity contribution in [3.05, 3.63) is 51.5 Å². The van der Waals surface area contributed by atoms with Crippen LogP contribution in [0.2, 0.25) is 5.02 Å². The highest BCUT2D eigenvalue weighted by Gasteiger charge is 2.23. The number of carbonyl (C=O) groups excluding carboxylic acids is 1. The molecule has 0 aliphatic carbocycles. The number of amidine groups is 1. The van der Waals surface area contributed by atoms with E-state index in [0.29, 0.717) is 36.5 Å². The van der Waals surface area contributed by atoms with Crippen molar-refractivity contribution in [3.8, 4) is 10.4 Å². The molecule has 1 aromatic heterocycles. The average molecular weight is 473 g/mol. The number of aliphatic hydroxyl groups is 1. The van der Waals surface area contributed by atoms with Gasteiger partial charge in [-0.05, 0) is 54.0 Å². The first-order valence-electron chi connectivity index (χ1n) is 11.1. The molecular formula is C24H29ClN4O2S. The first-order valence-corrected chi connectivity index (χ1v) is 12.3. The van der Waals surface area contributed by atoms with Crippen molar-refractivity contribution in [2.45, 2.75) is 32.3 Å². The fourth-order valence-corrected chi connectivity index (χ4v) is 5.54. The summed E-state index contributed by atoms with van der Waals surface area (Å²) in [4.78, 5) is 20.1. The van der Waals surface area contributed by atoms with E-state index in [1.807, 2.05) is 12.1 Å². The number of hydrogen-bond acceptors (Lipinski definition) is 5. The van der Waals surface area contributed by atoms with E-state index in [9.17, 15) is 9.90 Å². The molecule has 3 N–H and O–H groups in total. The van der Waals surface area contributed by atoms with E-state index < -0.39 is 0 Å². The number of piperidine rings is 1. The third kappa shape index (κ3) is 4.70. The average Bonchev–Trinajstić information content (AvgIpc) is 3.29. The van der Waals surface area contributed by atoms with Gasteiger partial charge in [0.2, 0.25) is 0 Å². The van der Waals surface area contributed by atoms with Gasteiger partial charge in [-0.25, -0.2) is 0 Å². The molecule has 6 nitrogen and oxygen atoms in total. The minimum absolute atomic E-state index is 0.0301. The summed E-state index contributed by atoms with van der Waals surface area (Å²) in [6, 6.07) is 7.70. The monoisotopic (exact) mass is 472 g/mol. The van der Waals surface area contributed by atoms with Crippen LogP contribution in [-0.4, -0.2) is 61.1 Å². The van der Waals surface area contributed by atoms with Crippen LogP contribution in [-0.2, 0) is 0 Å². The number of aliphatic hydroxyl groups excluding tert-OH is 1. The Bertz CT molecular complexity index is 1050. The number of thiophene rings is 1. The zero-order valence-electron chi connectivity index (χ0n) is 18.4. The van der Waals surface area contributed by atoms with Gasteiger partial charge in [0.15, 0.2) is 0 Å². The Morgan fingerprint density at radius 2 is 1.97 bits per heavy atom. The van der Waals surface area contributed by atoms with Crippen molar-refractivity contribution in [2.75, 3.05) is 33.2 Å². The zero-order chi connectivity index (χ0) is 22.7. The molecule has 1 amide bonds. The Labute approximate surface area is 198 Å². The maximum atomic E-state index is 12.8. The summed E-state index contributed by atoms with van der Waals surface area (Å²) in [7, 11) is 1.80. The Morgan fingerprint density at radius 3 is 2.66 bits per heavy atom. The van der Waals surface area contributed by atoms with E-state index in [4.69, 9.17) is 11.6 Å². The van der Waals surface area contributed by atoms with E-state index in [0.717, 1.165) is 47.0 Å². The summed E-state index contributed by atoms with van der Waals surface area (Å²) in [5.74, 6) is 0.865. The number of aliphatic imine (C=N–C) groups is 1. The number of nitrogens with one attached hydrogen (secondary N) is 2. The van der Waals surface area contributed by atoms with Crippen LogP contribution in [0.25, 0.3) is 16.0 Å². The number of allylic oxidation sites excluding steroid dienone is 1. The van der Waals surface area contributed by atoms with Gasteiger partial charge in [-0.2, -0.15) is 0 Å². The Hall–Kier alpha value is -2.35. The third-order valence-corrected chi connectivity index (χ3v) is 7.29. The Balaban J connectivity index is 1.58. The molecule has 0 unspecified atom stereocenters. The van der Waals surface area contributed by atoms with Gasteiger partial charge in [-0.1, -0.05) is 24.6 Å². The normalized spacial score (nSPS) is 20.1. The fraction of sp³-hybridized carbons (Fsp3) is 0.417. The van der Waals surface area contributed by atoms with E-state index in [1.54, 1.807) is 29.4 Å². The van der Waals surface area contributed by atoms with Crippen LogP contribution in [0.3, 0.4) is 0 Å². The summed E-state index contributed by atoms with van der Waals surface area (Å²) in [6.45, 7) is 5.03. The number of hydrogen-bond donors (Lipinski definition) is 3. The second kappa shape index (κ2) is 10.1. The van der Waals surface area contributed by atoms with Gasteiger partial charge in [0, 0.05) is 49.2 Å². The second-order valence-corrected chi connectivity index (χ2v) is 9.37. The number of carbonyl (C=O) groups is 1. The molecule has 2 saturated heterocycles. The molecular weight excluding hydrogens is 444 g/mol. The van der Waals surface area contributed by atoms with E-state index in [1.165, 1.54) is 5.57 Å². The minimum Gasteiger partial charge on any atom is -0.393 e. The molecule has 0 bridgehead atoms. The predicted molar refractivity (Wildman–Crippen MR) is 132 cm³/mol. The first kappa shape index (κ1) is 22.8. The molecule has 1 aromatic carbocycles. The number of benzene rings is 1. The van der Waals surface area contributed by atoms with Crippen LogP contribution in [0.5, 0.6) is 0 Å². The van der Waals surface area contributed by atoms with Crippen molar-refractivity contribution < 1.29 is 9.90 Å². The van der Waals surface area contributed by atoms with E-state index in [-0.39, 0.29) is 12.0 Å². The van der Waals surface area contributed by atoms with Gasteiger partial charge in [0.1, 0.15) is 5.84 Å². The van der Waals surface area contributed by atoms with Crippen molar-refractivity contribution in [1.82, 2.24) is 15.5 Å². The van der Waals surface area contributed by atoms with Crippen LogP contribution in [0.4, 0.5) is 0 Å². The van der Waals surface area contributed by atoms with Gasteiger partial charge in [-0.3, -0.25) is 9.79 Å². The van der Waals surface area contributed by atoms with Gasteiger partial charge >= 0.3 is 0 Å². The van der Waals surface area contributed by atoms with Crippen molar-refractivity contribution in [1.29, 1.82) is 0 Å². The molecule has 2 aliphatic rings. The Kier molecular flexibility index (Phi) is 7.18. The quantitative estimate of drug-likeness (QED) is 0.628. The molecule has 0 spiro atoms. The second-order valence-electron chi connectivity index (χ2n) is 8.05. The summed E-state index contributed by atoms with van der Waals surface area (Å²) >= 11 is 8.28. The lowest BCUT2D eigenvalue weighted by Crippen LogP contribution is -2.43. The topological polar surface area (TPSA) is 77.0 Å². The highest BCUT2D eigenvalue weighted by atomic mass is 35.5. The largest absolute Gasteiger partial charge is 0.393 e. The lowest BCUT2D eigenvalue weighted by atomic mass is 10.0. The number of rotatable bonds is 4. The molecule has 4 rings (SSSR count). The number of halogens is 1. The lowest BCUT2D eigenvalue weighted by Gasteiger charge is -2.29. The maximum absolute atomic E-state index is 12.8. The van der Waals surface area contributed by atoms with Crippen LogP contribution in [0, 0.1) is 0 Å². The summed E-state index contributed by atoms with van der Waals surface area (Å²) < 4.78 is 0. The van der Waals surface area contributed by atoms with E-state index >= 15 is 0 Å². The van der Waals surface area contributed by atoms with Gasteiger partial charge < -0.3 is 20.6 Å². The fourth-order valence-electron chi connectivity index (χ4n) is 4.24. The zero-order valence-corrected chi connectivity index (χ0v) is 20.0. The number of nitrogens with zero attached hydrogens (tertiary/aromatic N) is 2. The van der Waals surface area contributed by atoms with Crippen LogP contribution >= 0.6 is 22.9 Å². The van der Waals surface area contributed by atoms with Crippen LogP contribution in [0.1, 0.15) is 42.1 Å². The standard InChI is InChI=1S/C24H29ClN4O2S/c1-3-18(22-23(26-2)28-9-8-27-22)16-13-21(32-14-16)19-5-4-15(12-20(19)25)24(31)29-10-6-17(30)7-11-29/h4-5,12-14,17,27,30H,3,6-11H2,1-2H3,(H,26,28)/b22-18-. The smallest absolute Gasteiger partial charge is 0.253 e. The first-order chi connectivity index (χ1) is 15.5. The molecule has 0 saturated carbocycles. The maximum Gasteiger partial charge on any atom is 0.253 e. The SMILES string of the molecule is CC/C(=C1/NCCNC1=NC)c1csc(-c2ccc(C(=O)N3CCC(O)CC3)cc2Cl)c1. The minimum atomic E-state index is -0.305. The van der Waals surface area contributed by atoms with E-state index in [2.05, 4.69) is 34.0 Å². The predicted octanol–water partition coefficient (Wildman–Crippen LogP) is 4.01. The molecule has 32 heavy (non-hydrogen) atoms. The molecule has 8 heteroatoms. The number of likely N-dealkylation sites (tertiary alicyclic amines) is 1. The molecule has 0 atom stereocenters. The highest BCUT2D eigenvalue weighted by Crippen LogP contribution is 2.37. The van der Waals surface area contributed by atoms with Crippen LogP contribution < -0.4 is 10.6 Å². The summed E-state index contributed by atoms with van der Waals surface area (Å²) in [5, 5.41) is 19.3. The molecule has 2 aliphatic heterocycles. The number of piperazine rings is 1. The highest BCUT2D eigenvalue weighted by molar-refractivity contribution is 7.13. The molecule has 2 aromatic rings. The van der Waals surface area contributed by atoms with Crippen molar-refractivity contribution in [2.24, 2.45) is 4.99 Å².